The molecule has 2 aliphatic rings. The zero-order chi connectivity index (χ0) is 38.2. The summed E-state index contributed by atoms with van der Waals surface area (Å²) < 4.78 is 32.7. The van der Waals surface area contributed by atoms with E-state index in [0.29, 0.717) is 52.7 Å². The molecule has 1 saturated heterocycles. The number of nitrogens with one attached hydrogen (secondary N) is 1. The Bertz CT molecular complexity index is 1980. The lowest BCUT2D eigenvalue weighted by Gasteiger charge is -2.28. The second-order valence-electron chi connectivity index (χ2n) is 14.0. The van der Waals surface area contributed by atoms with Crippen LogP contribution in [-0.2, 0) is 24.4 Å². The van der Waals surface area contributed by atoms with Gasteiger partial charge in [0.25, 0.3) is 0 Å². The topological polar surface area (TPSA) is 143 Å². The number of aliphatic hydroxyl groups excluding tert-OH is 1. The van der Waals surface area contributed by atoms with Gasteiger partial charge in [-0.1, -0.05) is 41.9 Å². The van der Waals surface area contributed by atoms with Crippen molar-refractivity contribution in [2.75, 3.05) is 26.2 Å². The normalized spacial score (nSPS) is 17.0. The fraction of sp³-hybridized carbons (Fsp3) is 0.405. The highest BCUT2D eigenvalue weighted by atomic mass is 35.5. The van der Waals surface area contributed by atoms with E-state index in [2.05, 4.69) is 52.5 Å². The monoisotopic (exact) mass is 755 g/mol. The molecule has 2 heterocycles. The molecule has 3 atom stereocenters. The molecule has 1 fully saturated rings. The van der Waals surface area contributed by atoms with Gasteiger partial charge in [-0.3, -0.25) is 15.1 Å². The Kier molecular flexibility index (Phi) is 13.0. The molecule has 0 bridgehead atoms. The van der Waals surface area contributed by atoms with Crippen LogP contribution in [0.25, 0.3) is 11.1 Å². The Morgan fingerprint density at radius 3 is 2.63 bits per heavy atom. The first-order valence-electron chi connectivity index (χ1n) is 18.5. The number of hydrogen-bond acceptors (Lipinski definition) is 9. The molecule has 1 amide bonds. The third kappa shape index (κ3) is 9.49. The van der Waals surface area contributed by atoms with Crippen LogP contribution in [0, 0.1) is 18.3 Å². The van der Waals surface area contributed by atoms with Crippen molar-refractivity contribution >= 4 is 17.5 Å². The van der Waals surface area contributed by atoms with Gasteiger partial charge < -0.3 is 30.0 Å². The molecule has 4 N–H and O–H groups in total. The molecule has 0 saturated carbocycles. The zero-order valence-electron chi connectivity index (χ0n) is 30.7. The predicted octanol–water partition coefficient (Wildman–Crippen LogP) is 6.75. The van der Waals surface area contributed by atoms with Crippen LogP contribution in [0.3, 0.4) is 0 Å². The second-order valence-corrected chi connectivity index (χ2v) is 14.4. The van der Waals surface area contributed by atoms with Gasteiger partial charge >= 0.3 is 0 Å². The number of likely N-dealkylation sites (tertiary alicyclic amines) is 1. The van der Waals surface area contributed by atoms with Gasteiger partial charge in [-0.2, -0.15) is 5.26 Å². The van der Waals surface area contributed by atoms with Gasteiger partial charge in [-0.25, -0.2) is 4.39 Å². The fourth-order valence-electron chi connectivity index (χ4n) is 7.26. The number of aromatic nitrogens is 1. The van der Waals surface area contributed by atoms with Crippen LogP contribution in [0.4, 0.5) is 4.39 Å². The summed E-state index contributed by atoms with van der Waals surface area (Å²) >= 11 is 6.84. The van der Waals surface area contributed by atoms with Crippen molar-refractivity contribution < 1.29 is 28.5 Å². The van der Waals surface area contributed by atoms with E-state index < -0.39 is 24.2 Å². The van der Waals surface area contributed by atoms with Crippen LogP contribution in [-0.4, -0.2) is 65.5 Å². The maximum atomic E-state index is 13.5. The SMILES string of the molecule is Cc1c(OCCCN2CCC(F)CC2)cccc1-c1cccc2c1CC[C@@H]2Oc1cc(OCc2cncc(C#N)c2)c(CN[C@H](C(N)=O)[C@@H](C)O)cc1Cl. The van der Waals surface area contributed by atoms with E-state index in [0.717, 1.165) is 66.9 Å². The highest BCUT2D eigenvalue weighted by Gasteiger charge is 2.29. The summed E-state index contributed by atoms with van der Waals surface area (Å²) in [6.45, 7) is 6.94. The van der Waals surface area contributed by atoms with Crippen LogP contribution in [0.5, 0.6) is 17.2 Å². The van der Waals surface area contributed by atoms with Gasteiger partial charge in [0.15, 0.2) is 0 Å². The molecule has 54 heavy (non-hydrogen) atoms. The average molecular weight is 756 g/mol. The van der Waals surface area contributed by atoms with Crippen molar-refractivity contribution in [1.29, 1.82) is 5.26 Å². The largest absolute Gasteiger partial charge is 0.493 e. The molecule has 0 unspecified atom stereocenters. The number of benzene rings is 3. The molecule has 12 heteroatoms. The molecule has 6 rings (SSSR count). The Hall–Kier alpha value is -4.73. The van der Waals surface area contributed by atoms with Crippen molar-refractivity contribution in [1.82, 2.24) is 15.2 Å². The number of hydrogen-bond donors (Lipinski definition) is 3. The molecule has 1 aromatic heterocycles. The Morgan fingerprint density at radius 1 is 1.09 bits per heavy atom. The highest BCUT2D eigenvalue weighted by Crippen LogP contribution is 2.44. The molecule has 0 radical (unpaired) electrons. The van der Waals surface area contributed by atoms with Crippen molar-refractivity contribution in [2.24, 2.45) is 5.73 Å². The number of nitriles is 1. The number of nitrogens with two attached hydrogens (primary N) is 1. The van der Waals surface area contributed by atoms with E-state index in [9.17, 15) is 19.6 Å². The Morgan fingerprint density at radius 2 is 1.87 bits per heavy atom. The van der Waals surface area contributed by atoms with E-state index in [4.69, 9.17) is 31.5 Å². The molecule has 1 aliphatic heterocycles. The van der Waals surface area contributed by atoms with Gasteiger partial charge in [0.1, 0.15) is 48.2 Å². The number of ether oxygens (including phenoxy) is 3. The van der Waals surface area contributed by atoms with Crippen molar-refractivity contribution in [3.05, 3.63) is 105 Å². The average Bonchev–Trinajstić information content (AvgIpc) is 3.58. The first-order chi connectivity index (χ1) is 26.1. The molecule has 0 spiro atoms. The standard InChI is InChI=1S/C42H47ClFN5O5/c1-26-32(6-4-9-37(26)52-17-5-14-49-15-12-31(44)13-16-49)33-7-3-8-35-34(33)10-11-38(35)54-40-20-39(53-25-29-18-28(21-45)22-47-23-29)30(19-36(40)43)24-48-41(27(2)50)42(46)51/h3-4,6-9,18-20,22-23,27,31,38,41,48,50H,5,10-17,24-25H2,1-2H3,(H2,46,51)/t27-,38+,41+/m1/s1. The molecule has 4 aromatic rings. The smallest absolute Gasteiger partial charge is 0.237 e. The first-order valence-corrected chi connectivity index (χ1v) is 18.9. The van der Waals surface area contributed by atoms with Crippen LogP contribution < -0.4 is 25.3 Å². The van der Waals surface area contributed by atoms with Gasteiger partial charge in [0, 0.05) is 55.8 Å². The van der Waals surface area contributed by atoms with Crippen LogP contribution >= 0.6 is 11.6 Å². The lowest BCUT2D eigenvalue weighted by atomic mass is 9.93. The number of amides is 1. The van der Waals surface area contributed by atoms with Gasteiger partial charge in [-0.05, 0) is 92.0 Å². The summed E-state index contributed by atoms with van der Waals surface area (Å²) in [6.07, 6.45) is 4.84. The second kappa shape index (κ2) is 18.1. The number of carbonyl (C=O) groups is 1. The molecule has 10 nitrogen and oxygen atoms in total. The van der Waals surface area contributed by atoms with Crippen LogP contribution in [0.1, 0.15) is 72.1 Å². The van der Waals surface area contributed by atoms with E-state index in [-0.39, 0.29) is 19.3 Å². The highest BCUT2D eigenvalue weighted by molar-refractivity contribution is 6.32. The van der Waals surface area contributed by atoms with E-state index in [1.807, 2.05) is 12.1 Å². The number of pyridine rings is 1. The summed E-state index contributed by atoms with van der Waals surface area (Å²) in [4.78, 5) is 18.4. The minimum atomic E-state index is -1.01. The Labute approximate surface area is 321 Å². The number of alkyl halides is 1. The molecular weight excluding hydrogens is 709 g/mol. The molecule has 284 valence electrons. The third-order valence-electron chi connectivity index (χ3n) is 10.2. The number of rotatable bonds is 16. The third-order valence-corrected chi connectivity index (χ3v) is 10.5. The van der Waals surface area contributed by atoms with E-state index >= 15 is 0 Å². The summed E-state index contributed by atoms with van der Waals surface area (Å²) in [6, 6.07) is 18.7. The number of carbonyl (C=O) groups excluding carboxylic acids is 1. The van der Waals surface area contributed by atoms with Crippen molar-refractivity contribution in [3.63, 3.8) is 0 Å². The van der Waals surface area contributed by atoms with Crippen molar-refractivity contribution in [3.8, 4) is 34.4 Å². The minimum absolute atomic E-state index is 0.114. The number of halogens is 2. The number of fused-ring (bicyclic) bond motifs is 1. The minimum Gasteiger partial charge on any atom is -0.493 e. The summed E-state index contributed by atoms with van der Waals surface area (Å²) in [5.41, 5.74) is 12.9. The fourth-order valence-corrected chi connectivity index (χ4v) is 7.49. The Balaban J connectivity index is 1.19. The molecular formula is C42H47ClFN5O5. The number of nitrogens with zero attached hydrogens (tertiary/aromatic N) is 3. The maximum Gasteiger partial charge on any atom is 0.237 e. The maximum absolute atomic E-state index is 13.5. The van der Waals surface area contributed by atoms with Gasteiger partial charge in [-0.15, -0.1) is 0 Å². The van der Waals surface area contributed by atoms with Crippen LogP contribution in [0.15, 0.2) is 67.0 Å². The quantitative estimate of drug-likeness (QED) is 0.106. The van der Waals surface area contributed by atoms with Crippen LogP contribution in [0.2, 0.25) is 5.02 Å². The first kappa shape index (κ1) is 39.0. The lowest BCUT2D eigenvalue weighted by Crippen LogP contribution is -2.48. The summed E-state index contributed by atoms with van der Waals surface area (Å²) in [5, 5.41) is 22.8. The predicted molar refractivity (Wildman–Crippen MR) is 205 cm³/mol. The molecule has 1 aliphatic carbocycles. The van der Waals surface area contributed by atoms with E-state index in [1.54, 1.807) is 24.4 Å². The molecule has 3 aromatic carbocycles. The zero-order valence-corrected chi connectivity index (χ0v) is 31.4. The number of piperidine rings is 1. The number of primary amides is 1. The summed E-state index contributed by atoms with van der Waals surface area (Å²) in [5.74, 6) is 1.05. The number of aliphatic hydroxyl groups is 1. The van der Waals surface area contributed by atoms with E-state index in [1.165, 1.54) is 18.7 Å². The van der Waals surface area contributed by atoms with Gasteiger partial charge in [0.2, 0.25) is 5.91 Å². The summed E-state index contributed by atoms with van der Waals surface area (Å²) in [7, 11) is 0. The lowest BCUT2D eigenvalue weighted by molar-refractivity contribution is -0.122. The van der Waals surface area contributed by atoms with Crippen molar-refractivity contribution in [2.45, 2.75) is 83.5 Å². The van der Waals surface area contributed by atoms with Gasteiger partial charge in [0.05, 0.1) is 23.3 Å².